The van der Waals surface area contributed by atoms with Crippen molar-refractivity contribution in [3.05, 3.63) is 75.5 Å². The Hall–Kier alpha value is -3.66. The highest BCUT2D eigenvalue weighted by molar-refractivity contribution is 7.13. The predicted molar refractivity (Wildman–Crippen MR) is 106 cm³/mol. The maximum Gasteiger partial charge on any atom is 0.313 e. The predicted octanol–water partition coefficient (Wildman–Crippen LogP) is 3.15. The normalized spacial score (nSPS) is 10.4. The summed E-state index contributed by atoms with van der Waals surface area (Å²) in [6.07, 6.45) is 0.391. The summed E-state index contributed by atoms with van der Waals surface area (Å²) in [7, 11) is 0. The molecule has 0 saturated heterocycles. The minimum absolute atomic E-state index is 0.151. The molecule has 3 rings (SSSR count). The number of carbonyl (C=O) groups excluding carboxylic acids is 2. The number of aromatic nitrogens is 1. The van der Waals surface area contributed by atoms with Crippen LogP contribution in [-0.4, -0.2) is 28.3 Å². The number of thiazole rings is 1. The molecule has 148 valence electrons. The third-order valence-electron chi connectivity index (χ3n) is 3.81. The fourth-order valence-corrected chi connectivity index (χ4v) is 3.30. The van der Waals surface area contributed by atoms with Crippen molar-refractivity contribution in [3.63, 3.8) is 0 Å². The van der Waals surface area contributed by atoms with Gasteiger partial charge in [0.15, 0.2) is 0 Å². The number of non-ortho nitro benzene ring substituents is 1. The lowest BCUT2D eigenvalue weighted by molar-refractivity contribution is -0.384. The number of nitrogens with one attached hydrogen (secondary N) is 2. The van der Waals surface area contributed by atoms with Crippen LogP contribution < -0.4 is 10.6 Å². The Balaban J connectivity index is 1.50. The van der Waals surface area contributed by atoms with E-state index in [2.05, 4.69) is 15.6 Å². The Kier molecular flexibility index (Phi) is 6.25. The number of carbonyl (C=O) groups is 2. The van der Waals surface area contributed by atoms with Gasteiger partial charge in [-0.15, -0.1) is 11.3 Å². The first-order valence-corrected chi connectivity index (χ1v) is 9.34. The first-order chi connectivity index (χ1) is 13.9. The van der Waals surface area contributed by atoms with Crippen molar-refractivity contribution < 1.29 is 18.9 Å². The molecule has 0 bridgehead atoms. The van der Waals surface area contributed by atoms with E-state index in [0.717, 1.165) is 6.07 Å². The minimum Gasteiger partial charge on any atom is -0.347 e. The van der Waals surface area contributed by atoms with Crippen molar-refractivity contribution in [2.45, 2.75) is 6.42 Å². The molecule has 2 amide bonds. The van der Waals surface area contributed by atoms with Crippen molar-refractivity contribution >= 4 is 34.5 Å². The average Bonchev–Trinajstić information content (AvgIpc) is 3.17. The van der Waals surface area contributed by atoms with E-state index in [0.29, 0.717) is 22.7 Å². The Bertz CT molecular complexity index is 1070. The second-order valence-electron chi connectivity index (χ2n) is 5.92. The van der Waals surface area contributed by atoms with Gasteiger partial charge in [0, 0.05) is 41.7 Å². The molecule has 0 fully saturated rings. The van der Waals surface area contributed by atoms with Crippen LogP contribution in [0.1, 0.15) is 5.69 Å². The smallest absolute Gasteiger partial charge is 0.313 e. The van der Waals surface area contributed by atoms with Gasteiger partial charge in [0.25, 0.3) is 5.69 Å². The summed E-state index contributed by atoms with van der Waals surface area (Å²) in [5, 5.41) is 18.0. The number of benzene rings is 2. The molecule has 29 heavy (non-hydrogen) atoms. The highest BCUT2D eigenvalue weighted by Crippen LogP contribution is 2.24. The highest BCUT2D eigenvalue weighted by Gasteiger charge is 2.15. The van der Waals surface area contributed by atoms with Gasteiger partial charge in [-0.3, -0.25) is 19.7 Å². The van der Waals surface area contributed by atoms with Gasteiger partial charge < -0.3 is 10.6 Å². The zero-order valence-electron chi connectivity index (χ0n) is 14.9. The molecule has 0 aliphatic carbocycles. The van der Waals surface area contributed by atoms with Gasteiger partial charge in [0.2, 0.25) is 0 Å². The first-order valence-electron chi connectivity index (χ1n) is 8.46. The van der Waals surface area contributed by atoms with Crippen LogP contribution in [0.25, 0.3) is 10.6 Å². The van der Waals surface area contributed by atoms with E-state index in [9.17, 15) is 24.1 Å². The number of amides is 2. The number of anilines is 1. The van der Waals surface area contributed by atoms with Crippen molar-refractivity contribution in [2.24, 2.45) is 0 Å². The lowest BCUT2D eigenvalue weighted by Gasteiger charge is -2.06. The molecule has 8 nitrogen and oxygen atoms in total. The number of nitro benzene ring substituents is 1. The average molecular weight is 414 g/mol. The van der Waals surface area contributed by atoms with Gasteiger partial charge in [0.1, 0.15) is 10.8 Å². The van der Waals surface area contributed by atoms with Gasteiger partial charge in [-0.05, 0) is 18.2 Å². The Labute approximate surface area is 168 Å². The fourth-order valence-electron chi connectivity index (χ4n) is 2.45. The molecule has 0 radical (unpaired) electrons. The number of halogens is 1. The fraction of sp³-hybridized carbons (Fsp3) is 0.105. The summed E-state index contributed by atoms with van der Waals surface area (Å²) in [4.78, 5) is 38.4. The van der Waals surface area contributed by atoms with Crippen LogP contribution in [-0.2, 0) is 16.0 Å². The van der Waals surface area contributed by atoms with Crippen molar-refractivity contribution in [1.82, 2.24) is 10.3 Å². The molecule has 3 aromatic rings. The van der Waals surface area contributed by atoms with Crippen molar-refractivity contribution in [2.75, 3.05) is 11.9 Å². The van der Waals surface area contributed by atoms with E-state index >= 15 is 0 Å². The van der Waals surface area contributed by atoms with E-state index in [1.807, 2.05) is 0 Å². The Morgan fingerprint density at radius 3 is 2.69 bits per heavy atom. The molecule has 1 heterocycles. The first kappa shape index (κ1) is 20.1. The molecule has 0 atom stereocenters. The van der Waals surface area contributed by atoms with E-state index in [1.165, 1.54) is 41.7 Å². The molecule has 10 heteroatoms. The Morgan fingerprint density at radius 2 is 1.93 bits per heavy atom. The van der Waals surface area contributed by atoms with Crippen LogP contribution >= 0.6 is 11.3 Å². The van der Waals surface area contributed by atoms with Gasteiger partial charge in [0.05, 0.1) is 10.6 Å². The summed E-state index contributed by atoms with van der Waals surface area (Å²) in [6.45, 7) is 0.174. The van der Waals surface area contributed by atoms with Gasteiger partial charge >= 0.3 is 11.8 Å². The van der Waals surface area contributed by atoms with Crippen LogP contribution in [0.5, 0.6) is 0 Å². The quantitative estimate of drug-likeness (QED) is 0.365. The monoisotopic (exact) mass is 414 g/mol. The van der Waals surface area contributed by atoms with Crippen molar-refractivity contribution in [3.8, 4) is 10.6 Å². The molecule has 0 aliphatic rings. The maximum absolute atomic E-state index is 13.3. The third kappa shape index (κ3) is 5.42. The molecule has 2 aromatic carbocycles. The van der Waals surface area contributed by atoms with Gasteiger partial charge in [-0.2, -0.15) is 0 Å². The summed E-state index contributed by atoms with van der Waals surface area (Å²) in [6, 6.07) is 11.4. The standard InChI is InChI=1S/C19H15FN4O4S/c20-13-4-1-3-12(9-13)19-23-15(11-29-19)7-8-21-17(25)18(26)22-14-5-2-6-16(10-14)24(27)28/h1-6,9-11H,7-8H2,(H,21,25)(H,22,26). The molecule has 2 N–H and O–H groups in total. The van der Waals surface area contributed by atoms with Crippen molar-refractivity contribution in [1.29, 1.82) is 0 Å². The van der Waals surface area contributed by atoms with E-state index in [4.69, 9.17) is 0 Å². The number of nitrogens with zero attached hydrogens (tertiary/aromatic N) is 2. The highest BCUT2D eigenvalue weighted by atomic mass is 32.1. The zero-order chi connectivity index (χ0) is 20.8. The van der Waals surface area contributed by atoms with E-state index in [1.54, 1.807) is 17.5 Å². The van der Waals surface area contributed by atoms with Crippen LogP contribution in [0.3, 0.4) is 0 Å². The van der Waals surface area contributed by atoms with Crippen LogP contribution in [0, 0.1) is 15.9 Å². The Morgan fingerprint density at radius 1 is 1.14 bits per heavy atom. The second-order valence-corrected chi connectivity index (χ2v) is 6.78. The summed E-state index contributed by atoms with van der Waals surface area (Å²) in [5.41, 5.74) is 1.33. The number of hydrogen-bond donors (Lipinski definition) is 2. The third-order valence-corrected chi connectivity index (χ3v) is 4.75. The molecular weight excluding hydrogens is 399 g/mol. The van der Waals surface area contributed by atoms with Crippen LogP contribution in [0.15, 0.2) is 53.9 Å². The number of rotatable bonds is 6. The topological polar surface area (TPSA) is 114 Å². The molecule has 0 unspecified atom stereocenters. The summed E-state index contributed by atoms with van der Waals surface area (Å²) >= 11 is 1.36. The molecule has 0 spiro atoms. The van der Waals surface area contributed by atoms with Gasteiger partial charge in [-0.25, -0.2) is 9.37 Å². The maximum atomic E-state index is 13.3. The summed E-state index contributed by atoms with van der Waals surface area (Å²) < 4.78 is 13.3. The zero-order valence-corrected chi connectivity index (χ0v) is 15.7. The lowest BCUT2D eigenvalue weighted by Crippen LogP contribution is -2.36. The summed E-state index contributed by atoms with van der Waals surface area (Å²) in [5.74, 6) is -2.14. The number of nitro groups is 1. The largest absolute Gasteiger partial charge is 0.347 e. The minimum atomic E-state index is -0.927. The molecular formula is C19H15FN4O4S. The molecule has 0 aliphatic heterocycles. The van der Waals surface area contributed by atoms with E-state index < -0.39 is 16.7 Å². The van der Waals surface area contributed by atoms with Crippen LogP contribution in [0.2, 0.25) is 0 Å². The molecule has 1 aromatic heterocycles. The van der Waals surface area contributed by atoms with Crippen LogP contribution in [0.4, 0.5) is 15.8 Å². The SMILES string of the molecule is O=C(NCCc1csc(-c2cccc(F)c2)n1)C(=O)Nc1cccc([N+](=O)[O-])c1. The van der Waals surface area contributed by atoms with Gasteiger partial charge in [-0.1, -0.05) is 18.2 Å². The second kappa shape index (κ2) is 9.02. The molecule has 0 saturated carbocycles. The van der Waals surface area contributed by atoms with E-state index in [-0.39, 0.29) is 23.7 Å². The lowest BCUT2D eigenvalue weighted by atomic mass is 10.2. The number of hydrogen-bond acceptors (Lipinski definition) is 6.